The minimum atomic E-state index is 0.0349. The molecule has 1 N–H and O–H groups in total. The maximum atomic E-state index is 12.1. The molecule has 0 fully saturated rings. The highest BCUT2D eigenvalue weighted by Gasteiger charge is 2.12. The molecule has 88 valence electrons. The van der Waals surface area contributed by atoms with Gasteiger partial charge in [-0.3, -0.25) is 4.79 Å². The molecule has 0 aliphatic carbocycles. The normalized spacial score (nSPS) is 10.2. The van der Waals surface area contributed by atoms with Gasteiger partial charge in [0.25, 0.3) is 0 Å². The number of hydrogen-bond donors (Lipinski definition) is 1. The van der Waals surface area contributed by atoms with Crippen LogP contribution >= 0.6 is 11.3 Å². The van der Waals surface area contributed by atoms with E-state index in [1.54, 1.807) is 6.20 Å². The lowest BCUT2D eigenvalue weighted by Crippen LogP contribution is -1.98. The quantitative estimate of drug-likeness (QED) is 0.824. The van der Waals surface area contributed by atoms with Crippen molar-refractivity contribution in [2.24, 2.45) is 0 Å². The summed E-state index contributed by atoms with van der Waals surface area (Å²) in [7, 11) is 0. The molecule has 2 rings (SSSR count). The van der Waals surface area contributed by atoms with Gasteiger partial charge in [0.1, 0.15) is 0 Å². The number of aromatic nitrogens is 1. The third kappa shape index (κ3) is 2.91. The number of benzene rings is 1. The first-order chi connectivity index (χ1) is 8.31. The predicted molar refractivity (Wildman–Crippen MR) is 70.8 cm³/mol. The molecule has 17 heavy (non-hydrogen) atoms. The van der Waals surface area contributed by atoms with Crippen molar-refractivity contribution in [3.05, 3.63) is 47.0 Å². The Balaban J connectivity index is 2.12. The van der Waals surface area contributed by atoms with Crippen molar-refractivity contribution in [3.63, 3.8) is 0 Å². The maximum Gasteiger partial charge on any atom is 0.204 e. The molecule has 0 bridgehead atoms. The minimum absolute atomic E-state index is 0.0349. The number of nitrogens with one attached hydrogen (secondary N) is 1. The van der Waals surface area contributed by atoms with E-state index in [4.69, 9.17) is 0 Å². The minimum Gasteiger partial charge on any atom is -0.362 e. The second-order valence-corrected chi connectivity index (χ2v) is 4.68. The van der Waals surface area contributed by atoms with Gasteiger partial charge in [0, 0.05) is 12.1 Å². The van der Waals surface area contributed by atoms with Crippen LogP contribution < -0.4 is 5.32 Å². The van der Waals surface area contributed by atoms with Gasteiger partial charge in [-0.15, -0.1) is 0 Å². The molecule has 4 heteroatoms. The summed E-state index contributed by atoms with van der Waals surface area (Å²) in [4.78, 5) is 16.9. The molecule has 0 aliphatic rings. The van der Waals surface area contributed by atoms with Gasteiger partial charge in [-0.25, -0.2) is 4.98 Å². The predicted octanol–water partition coefficient (Wildman–Crippen LogP) is 3.20. The number of anilines is 1. The van der Waals surface area contributed by atoms with Crippen LogP contribution in [0.15, 0.2) is 36.5 Å². The number of thiazole rings is 1. The lowest BCUT2D eigenvalue weighted by Gasteiger charge is -1.97. The van der Waals surface area contributed by atoms with E-state index < -0.39 is 0 Å². The first kappa shape index (κ1) is 11.8. The van der Waals surface area contributed by atoms with Crippen molar-refractivity contribution in [1.82, 2.24) is 4.98 Å². The maximum absolute atomic E-state index is 12.1. The molecule has 2 aromatic rings. The van der Waals surface area contributed by atoms with Gasteiger partial charge < -0.3 is 5.32 Å². The van der Waals surface area contributed by atoms with Gasteiger partial charge in [-0.2, -0.15) is 0 Å². The average molecular weight is 246 g/mol. The van der Waals surface area contributed by atoms with Crippen molar-refractivity contribution < 1.29 is 4.79 Å². The molecular weight excluding hydrogens is 232 g/mol. The van der Waals surface area contributed by atoms with E-state index in [-0.39, 0.29) is 5.78 Å². The number of carbonyl (C=O) groups is 1. The summed E-state index contributed by atoms with van der Waals surface area (Å²) in [5.74, 6) is 0.0349. The Hall–Kier alpha value is -1.68. The zero-order valence-corrected chi connectivity index (χ0v) is 10.5. The first-order valence-electron chi connectivity index (χ1n) is 5.60. The molecule has 1 heterocycles. The van der Waals surface area contributed by atoms with Crippen LogP contribution in [0.25, 0.3) is 0 Å². The van der Waals surface area contributed by atoms with E-state index in [2.05, 4.69) is 17.2 Å². The Morgan fingerprint density at radius 1 is 1.35 bits per heavy atom. The van der Waals surface area contributed by atoms with Crippen molar-refractivity contribution >= 4 is 22.3 Å². The third-order valence-corrected chi connectivity index (χ3v) is 3.25. The number of carbonyl (C=O) groups excluding carboxylic acids is 1. The van der Waals surface area contributed by atoms with Crippen LogP contribution in [0.2, 0.25) is 0 Å². The smallest absolute Gasteiger partial charge is 0.204 e. The van der Waals surface area contributed by atoms with Gasteiger partial charge in [0.15, 0.2) is 5.13 Å². The Labute approximate surface area is 105 Å². The summed E-state index contributed by atoms with van der Waals surface area (Å²) in [6.07, 6.45) is 2.68. The van der Waals surface area contributed by atoms with Crippen LogP contribution in [0, 0.1) is 0 Å². The number of ketones is 1. The average Bonchev–Trinajstić information content (AvgIpc) is 2.85. The molecule has 0 spiro atoms. The lowest BCUT2D eigenvalue weighted by molar-refractivity contribution is 0.104. The van der Waals surface area contributed by atoms with Crippen molar-refractivity contribution in [3.8, 4) is 0 Å². The van der Waals surface area contributed by atoms with Crippen LogP contribution in [-0.4, -0.2) is 17.3 Å². The summed E-state index contributed by atoms with van der Waals surface area (Å²) in [5.41, 5.74) is 0.707. The molecule has 0 atom stereocenters. The van der Waals surface area contributed by atoms with Gasteiger partial charge in [0.2, 0.25) is 5.78 Å². The van der Waals surface area contributed by atoms with Crippen molar-refractivity contribution in [2.45, 2.75) is 13.3 Å². The molecular formula is C13H14N2OS. The first-order valence-corrected chi connectivity index (χ1v) is 6.42. The van der Waals surface area contributed by atoms with Gasteiger partial charge in [-0.05, 0) is 6.42 Å². The van der Waals surface area contributed by atoms with E-state index in [1.807, 2.05) is 30.3 Å². The largest absolute Gasteiger partial charge is 0.362 e. The van der Waals surface area contributed by atoms with E-state index in [0.717, 1.165) is 18.1 Å². The standard InChI is InChI=1S/C13H14N2OS/c1-2-8-14-13-15-9-11(17-13)12(16)10-6-4-3-5-7-10/h3-7,9H,2,8H2,1H3,(H,14,15). The monoisotopic (exact) mass is 246 g/mol. The van der Waals surface area contributed by atoms with Crippen molar-refractivity contribution in [2.75, 3.05) is 11.9 Å². The second kappa shape index (κ2) is 5.59. The molecule has 0 radical (unpaired) electrons. The zero-order valence-electron chi connectivity index (χ0n) is 9.64. The SMILES string of the molecule is CCCNc1ncc(C(=O)c2ccccc2)s1. The lowest BCUT2D eigenvalue weighted by atomic mass is 10.1. The van der Waals surface area contributed by atoms with Gasteiger partial charge >= 0.3 is 0 Å². The number of nitrogens with zero attached hydrogens (tertiary/aromatic N) is 1. The highest BCUT2D eigenvalue weighted by molar-refractivity contribution is 7.17. The molecule has 0 unspecified atom stereocenters. The Morgan fingerprint density at radius 2 is 2.12 bits per heavy atom. The summed E-state index contributed by atoms with van der Waals surface area (Å²) in [6, 6.07) is 9.27. The number of rotatable bonds is 5. The molecule has 0 amide bonds. The van der Waals surface area contributed by atoms with Gasteiger partial charge in [-0.1, -0.05) is 48.6 Å². The van der Waals surface area contributed by atoms with E-state index in [0.29, 0.717) is 10.4 Å². The Bertz CT molecular complexity index is 493. The fraction of sp³-hybridized carbons (Fsp3) is 0.231. The fourth-order valence-electron chi connectivity index (χ4n) is 1.42. The number of hydrogen-bond acceptors (Lipinski definition) is 4. The second-order valence-electron chi connectivity index (χ2n) is 3.65. The fourth-order valence-corrected chi connectivity index (χ4v) is 2.23. The molecule has 1 aromatic carbocycles. The van der Waals surface area contributed by atoms with Crippen LogP contribution in [0.5, 0.6) is 0 Å². The summed E-state index contributed by atoms with van der Waals surface area (Å²) >= 11 is 1.40. The molecule has 3 nitrogen and oxygen atoms in total. The van der Waals surface area contributed by atoms with Gasteiger partial charge in [0.05, 0.1) is 11.1 Å². The zero-order chi connectivity index (χ0) is 12.1. The summed E-state index contributed by atoms with van der Waals surface area (Å²) in [5, 5.41) is 3.99. The highest BCUT2D eigenvalue weighted by atomic mass is 32.1. The molecule has 0 saturated carbocycles. The van der Waals surface area contributed by atoms with Crippen LogP contribution in [0.1, 0.15) is 28.6 Å². The summed E-state index contributed by atoms with van der Waals surface area (Å²) < 4.78 is 0. The summed E-state index contributed by atoms with van der Waals surface area (Å²) in [6.45, 7) is 2.98. The van der Waals surface area contributed by atoms with Crippen molar-refractivity contribution in [1.29, 1.82) is 0 Å². The van der Waals surface area contributed by atoms with E-state index in [9.17, 15) is 4.79 Å². The molecule has 0 aliphatic heterocycles. The highest BCUT2D eigenvalue weighted by Crippen LogP contribution is 2.21. The van der Waals surface area contributed by atoms with Crippen LogP contribution in [0.3, 0.4) is 0 Å². The van der Waals surface area contributed by atoms with Crippen LogP contribution in [0.4, 0.5) is 5.13 Å². The van der Waals surface area contributed by atoms with E-state index >= 15 is 0 Å². The van der Waals surface area contributed by atoms with E-state index in [1.165, 1.54) is 11.3 Å². The van der Waals surface area contributed by atoms with Crippen LogP contribution in [-0.2, 0) is 0 Å². The topological polar surface area (TPSA) is 42.0 Å². The third-order valence-electron chi connectivity index (χ3n) is 2.29. The molecule has 1 aromatic heterocycles. The molecule has 0 saturated heterocycles. The Morgan fingerprint density at radius 3 is 2.82 bits per heavy atom. The Kier molecular flexibility index (Phi) is 3.88.